The predicted octanol–water partition coefficient (Wildman–Crippen LogP) is 1.80. The number of halogens is 1. The third-order valence-corrected chi connectivity index (χ3v) is 4.11. The number of hydrogen-bond acceptors (Lipinski definition) is 4. The van der Waals surface area contributed by atoms with Crippen LogP contribution in [0.4, 0.5) is 0 Å². The van der Waals surface area contributed by atoms with Crippen LogP contribution >= 0.6 is 11.6 Å². The Bertz CT molecular complexity index is 430. The Morgan fingerprint density at radius 2 is 2.25 bits per heavy atom. The third kappa shape index (κ3) is 3.52. The smallest absolute Gasteiger partial charge is 0.0965 e. The molecule has 0 radical (unpaired) electrons. The van der Waals surface area contributed by atoms with E-state index in [9.17, 15) is 0 Å². The molecule has 1 fully saturated rings. The molecule has 5 nitrogen and oxygen atoms in total. The Morgan fingerprint density at radius 3 is 2.85 bits per heavy atom. The molecule has 114 valence electrons. The van der Waals surface area contributed by atoms with Crippen molar-refractivity contribution in [3.8, 4) is 0 Å². The lowest BCUT2D eigenvalue weighted by Gasteiger charge is -2.31. The van der Waals surface area contributed by atoms with Gasteiger partial charge in [0.05, 0.1) is 42.3 Å². The topological polar surface area (TPSA) is 48.3 Å². The lowest BCUT2D eigenvalue weighted by Crippen LogP contribution is -2.48. The minimum atomic E-state index is 0.0697. The second kappa shape index (κ2) is 7.41. The van der Waals surface area contributed by atoms with Crippen molar-refractivity contribution in [1.82, 2.24) is 15.1 Å². The molecule has 20 heavy (non-hydrogen) atoms. The van der Waals surface area contributed by atoms with Gasteiger partial charge in [0.15, 0.2) is 0 Å². The van der Waals surface area contributed by atoms with Crippen molar-refractivity contribution >= 4 is 11.6 Å². The van der Waals surface area contributed by atoms with Gasteiger partial charge in [-0.25, -0.2) is 0 Å². The molecule has 0 saturated carbocycles. The molecule has 2 atom stereocenters. The number of likely N-dealkylation sites (N-methyl/N-ethyl adjacent to an activating group) is 1. The molecule has 6 heteroatoms. The predicted molar refractivity (Wildman–Crippen MR) is 79.4 cm³/mol. The van der Waals surface area contributed by atoms with Crippen molar-refractivity contribution < 1.29 is 9.47 Å². The maximum absolute atomic E-state index is 6.39. The van der Waals surface area contributed by atoms with Gasteiger partial charge in [0.1, 0.15) is 0 Å². The summed E-state index contributed by atoms with van der Waals surface area (Å²) in [5.74, 6) is 0. The van der Waals surface area contributed by atoms with Crippen molar-refractivity contribution in [2.75, 3.05) is 26.4 Å². The maximum atomic E-state index is 6.39. The molecule has 1 aliphatic heterocycles. The van der Waals surface area contributed by atoms with Crippen LogP contribution in [0.25, 0.3) is 0 Å². The molecule has 1 aliphatic rings. The van der Waals surface area contributed by atoms with Crippen molar-refractivity contribution in [2.24, 2.45) is 0 Å². The van der Waals surface area contributed by atoms with E-state index in [-0.39, 0.29) is 12.1 Å². The van der Waals surface area contributed by atoms with Gasteiger partial charge in [-0.05, 0) is 20.4 Å². The van der Waals surface area contributed by atoms with Crippen molar-refractivity contribution in [1.29, 1.82) is 0 Å². The summed E-state index contributed by atoms with van der Waals surface area (Å²) in [4.78, 5) is 0. The fourth-order valence-electron chi connectivity index (χ4n) is 2.61. The van der Waals surface area contributed by atoms with Crippen LogP contribution < -0.4 is 5.32 Å². The Morgan fingerprint density at radius 1 is 1.45 bits per heavy atom. The van der Waals surface area contributed by atoms with E-state index in [2.05, 4.69) is 24.3 Å². The second-order valence-corrected chi connectivity index (χ2v) is 5.39. The quantitative estimate of drug-likeness (QED) is 0.870. The Hall–Kier alpha value is -0.620. The van der Waals surface area contributed by atoms with Gasteiger partial charge < -0.3 is 14.8 Å². The molecule has 1 aromatic heterocycles. The van der Waals surface area contributed by atoms with Crippen LogP contribution in [0.1, 0.15) is 25.2 Å². The lowest BCUT2D eigenvalue weighted by atomic mass is 10.0. The lowest BCUT2D eigenvalue weighted by molar-refractivity contribution is -0.101. The number of aromatic nitrogens is 2. The molecule has 1 aromatic rings. The number of ether oxygens (including phenoxy) is 2. The summed E-state index contributed by atoms with van der Waals surface area (Å²) in [5, 5.41) is 8.73. The highest BCUT2D eigenvalue weighted by Gasteiger charge is 2.27. The number of rotatable bonds is 6. The summed E-state index contributed by atoms with van der Waals surface area (Å²) in [7, 11) is 0. The zero-order valence-corrected chi connectivity index (χ0v) is 13.2. The summed E-state index contributed by atoms with van der Waals surface area (Å²) >= 11 is 6.39. The number of nitrogens with zero attached hydrogens (tertiary/aromatic N) is 2. The SMILES string of the molecule is CCNC(Cc1c(Cl)c(C)nn1CC)C1COCCO1. The van der Waals surface area contributed by atoms with Crippen LogP contribution in [0.15, 0.2) is 0 Å². The van der Waals surface area contributed by atoms with E-state index in [1.807, 2.05) is 11.6 Å². The van der Waals surface area contributed by atoms with Gasteiger partial charge in [-0.2, -0.15) is 5.10 Å². The molecular formula is C14H24ClN3O2. The molecule has 1 saturated heterocycles. The fourth-order valence-corrected chi connectivity index (χ4v) is 2.82. The average molecular weight is 302 g/mol. The van der Waals surface area contributed by atoms with Gasteiger partial charge in [-0.3, -0.25) is 4.68 Å². The normalized spacial score (nSPS) is 21.1. The maximum Gasteiger partial charge on any atom is 0.0965 e. The van der Waals surface area contributed by atoms with E-state index >= 15 is 0 Å². The minimum Gasteiger partial charge on any atom is -0.376 e. The van der Waals surface area contributed by atoms with E-state index in [1.54, 1.807) is 0 Å². The van der Waals surface area contributed by atoms with Crippen LogP contribution in [0, 0.1) is 6.92 Å². The number of nitrogens with one attached hydrogen (secondary N) is 1. The first-order chi connectivity index (χ1) is 9.67. The van der Waals surface area contributed by atoms with Crippen LogP contribution in [0.5, 0.6) is 0 Å². The van der Waals surface area contributed by atoms with E-state index in [4.69, 9.17) is 21.1 Å². The molecule has 2 heterocycles. The largest absolute Gasteiger partial charge is 0.376 e. The highest BCUT2D eigenvalue weighted by Crippen LogP contribution is 2.23. The molecular weight excluding hydrogens is 278 g/mol. The molecule has 0 aromatic carbocycles. The summed E-state index contributed by atoms with van der Waals surface area (Å²) in [6.07, 6.45) is 0.871. The standard InChI is InChI=1S/C14H24ClN3O2/c1-4-16-11(13-9-19-6-7-20-13)8-12-14(15)10(3)17-18(12)5-2/h11,13,16H,4-9H2,1-3H3. The molecule has 0 spiro atoms. The molecule has 0 amide bonds. The van der Waals surface area contributed by atoms with Crippen LogP contribution in [-0.4, -0.2) is 48.3 Å². The highest BCUT2D eigenvalue weighted by atomic mass is 35.5. The number of hydrogen-bond donors (Lipinski definition) is 1. The van der Waals surface area contributed by atoms with Gasteiger partial charge in [-0.15, -0.1) is 0 Å². The van der Waals surface area contributed by atoms with Crippen molar-refractivity contribution in [2.45, 2.75) is 45.9 Å². The molecule has 1 N–H and O–H groups in total. The third-order valence-electron chi connectivity index (χ3n) is 3.62. The summed E-state index contributed by atoms with van der Waals surface area (Å²) in [5.41, 5.74) is 1.96. The van der Waals surface area contributed by atoms with E-state index < -0.39 is 0 Å². The first kappa shape index (κ1) is 15.8. The summed E-state index contributed by atoms with van der Waals surface area (Å²) in [6.45, 7) is 9.81. The zero-order chi connectivity index (χ0) is 14.5. The fraction of sp³-hybridized carbons (Fsp3) is 0.786. The Kier molecular flexibility index (Phi) is 5.84. The Labute approximate surface area is 125 Å². The van der Waals surface area contributed by atoms with Crippen LogP contribution in [0.2, 0.25) is 5.02 Å². The molecule has 2 rings (SSSR count). The van der Waals surface area contributed by atoms with Crippen LogP contribution in [-0.2, 0) is 22.4 Å². The van der Waals surface area contributed by atoms with Gasteiger partial charge >= 0.3 is 0 Å². The first-order valence-corrected chi connectivity index (χ1v) is 7.69. The summed E-state index contributed by atoms with van der Waals surface area (Å²) < 4.78 is 13.3. The Balaban J connectivity index is 2.14. The average Bonchev–Trinajstić information content (AvgIpc) is 2.75. The van der Waals surface area contributed by atoms with E-state index in [1.165, 1.54) is 0 Å². The van der Waals surface area contributed by atoms with Crippen molar-refractivity contribution in [3.05, 3.63) is 16.4 Å². The van der Waals surface area contributed by atoms with Gasteiger partial charge in [0.25, 0.3) is 0 Å². The number of aryl methyl sites for hydroxylation is 2. The van der Waals surface area contributed by atoms with Gasteiger partial charge in [0.2, 0.25) is 0 Å². The highest BCUT2D eigenvalue weighted by molar-refractivity contribution is 6.31. The van der Waals surface area contributed by atoms with Gasteiger partial charge in [0, 0.05) is 19.0 Å². The zero-order valence-electron chi connectivity index (χ0n) is 12.5. The molecule has 0 bridgehead atoms. The summed E-state index contributed by atoms with van der Waals surface area (Å²) in [6, 6.07) is 0.194. The van der Waals surface area contributed by atoms with Gasteiger partial charge in [-0.1, -0.05) is 18.5 Å². The van der Waals surface area contributed by atoms with Crippen molar-refractivity contribution in [3.63, 3.8) is 0 Å². The van der Waals surface area contributed by atoms with E-state index in [0.29, 0.717) is 19.8 Å². The monoisotopic (exact) mass is 301 g/mol. The second-order valence-electron chi connectivity index (χ2n) is 5.01. The minimum absolute atomic E-state index is 0.0697. The van der Waals surface area contributed by atoms with Crippen LogP contribution in [0.3, 0.4) is 0 Å². The molecule has 0 aliphatic carbocycles. The first-order valence-electron chi connectivity index (χ1n) is 7.31. The molecule has 2 unspecified atom stereocenters. The van der Waals surface area contributed by atoms with E-state index in [0.717, 1.165) is 35.9 Å².